The third-order valence-electron chi connectivity index (χ3n) is 5.17. The van der Waals surface area contributed by atoms with E-state index in [-0.39, 0.29) is 42.8 Å². The molecular weight excluding hydrogens is 364 g/mol. The summed E-state index contributed by atoms with van der Waals surface area (Å²) in [7, 11) is 0. The second-order valence-electron chi connectivity index (χ2n) is 7.46. The van der Waals surface area contributed by atoms with Gasteiger partial charge in [0.15, 0.2) is 5.78 Å². The smallest absolute Gasteiger partial charge is 0.302 e. The summed E-state index contributed by atoms with van der Waals surface area (Å²) in [5.74, 6) is -2.60. The van der Waals surface area contributed by atoms with E-state index in [1.807, 2.05) is 26.0 Å². The molecule has 6 atom stereocenters. The van der Waals surface area contributed by atoms with Crippen LogP contribution in [0.15, 0.2) is 24.3 Å². The van der Waals surface area contributed by atoms with Gasteiger partial charge in [-0.25, -0.2) is 0 Å². The lowest BCUT2D eigenvalue weighted by atomic mass is 9.81. The Kier molecular flexibility index (Phi) is 8.73. The minimum absolute atomic E-state index is 0.0186. The summed E-state index contributed by atoms with van der Waals surface area (Å²) < 4.78 is 10.7. The van der Waals surface area contributed by atoms with Crippen molar-refractivity contribution in [3.8, 4) is 0 Å². The van der Waals surface area contributed by atoms with E-state index in [1.54, 1.807) is 13.8 Å². The number of carbonyl (C=O) groups is 3. The van der Waals surface area contributed by atoms with Crippen molar-refractivity contribution in [2.45, 2.75) is 71.4 Å². The monoisotopic (exact) mass is 396 g/mol. The number of allylic oxidation sites excluding steroid dienone is 1. The summed E-state index contributed by atoms with van der Waals surface area (Å²) in [4.78, 5) is 35.7. The number of hydrogen-bond acceptors (Lipinski definition) is 7. The first kappa shape index (κ1) is 24.2. The van der Waals surface area contributed by atoms with E-state index in [4.69, 9.17) is 9.47 Å². The van der Waals surface area contributed by atoms with Gasteiger partial charge in [0.2, 0.25) is 0 Å². The van der Waals surface area contributed by atoms with Crippen molar-refractivity contribution in [1.82, 2.24) is 0 Å². The van der Waals surface area contributed by atoms with Crippen LogP contribution in [0.5, 0.6) is 0 Å². The van der Waals surface area contributed by atoms with Gasteiger partial charge < -0.3 is 19.7 Å². The molecule has 0 spiro atoms. The van der Waals surface area contributed by atoms with Gasteiger partial charge in [-0.15, -0.1) is 0 Å². The molecule has 1 saturated heterocycles. The van der Waals surface area contributed by atoms with Gasteiger partial charge in [-0.3, -0.25) is 14.4 Å². The van der Waals surface area contributed by atoms with E-state index in [2.05, 4.69) is 6.58 Å². The number of aliphatic hydroxyl groups excluding tert-OH is 2. The van der Waals surface area contributed by atoms with Crippen molar-refractivity contribution in [3.05, 3.63) is 24.3 Å². The molecule has 1 aliphatic heterocycles. The summed E-state index contributed by atoms with van der Waals surface area (Å²) in [6.07, 6.45) is 0.890. The zero-order valence-electron chi connectivity index (χ0n) is 17.3. The Bertz CT molecular complexity index is 639. The molecule has 1 rings (SSSR count). The van der Waals surface area contributed by atoms with Crippen LogP contribution in [-0.4, -0.2) is 58.3 Å². The summed E-state index contributed by atoms with van der Waals surface area (Å²) in [5, 5.41) is 21.0. The maximum Gasteiger partial charge on any atom is 0.302 e. The number of hydrogen-bond donors (Lipinski definition) is 2. The molecule has 0 bridgehead atoms. The highest BCUT2D eigenvalue weighted by Gasteiger charge is 2.61. The molecule has 1 heterocycles. The molecule has 0 amide bonds. The lowest BCUT2D eigenvalue weighted by Crippen LogP contribution is -2.44. The van der Waals surface area contributed by atoms with Crippen LogP contribution in [0, 0.1) is 11.8 Å². The average Bonchev–Trinajstić information content (AvgIpc) is 3.33. The Labute approximate surface area is 166 Å². The third kappa shape index (κ3) is 5.83. The Hall–Kier alpha value is -1.83. The largest absolute Gasteiger partial charge is 0.465 e. The first-order valence-electron chi connectivity index (χ1n) is 9.54. The second-order valence-corrected chi connectivity index (χ2v) is 7.46. The first-order valence-corrected chi connectivity index (χ1v) is 9.54. The maximum absolute atomic E-state index is 12.9. The van der Waals surface area contributed by atoms with E-state index in [0.717, 1.165) is 0 Å². The molecule has 0 saturated carbocycles. The summed E-state index contributed by atoms with van der Waals surface area (Å²) in [6.45, 7) is 11.6. The minimum Gasteiger partial charge on any atom is -0.465 e. The molecule has 2 N–H and O–H groups in total. The van der Waals surface area contributed by atoms with Gasteiger partial charge >= 0.3 is 5.97 Å². The fourth-order valence-electron chi connectivity index (χ4n) is 3.31. The number of ketones is 2. The van der Waals surface area contributed by atoms with Gasteiger partial charge in [0.1, 0.15) is 18.0 Å². The molecule has 0 radical (unpaired) electrons. The van der Waals surface area contributed by atoms with Crippen LogP contribution in [0.25, 0.3) is 0 Å². The number of carbonyl (C=O) groups excluding carboxylic acids is 3. The zero-order chi connectivity index (χ0) is 21.6. The van der Waals surface area contributed by atoms with Crippen molar-refractivity contribution < 1.29 is 34.1 Å². The van der Waals surface area contributed by atoms with Gasteiger partial charge in [-0.05, 0) is 13.8 Å². The molecular formula is C21H32O7. The van der Waals surface area contributed by atoms with Crippen LogP contribution in [0.4, 0.5) is 0 Å². The third-order valence-corrected chi connectivity index (χ3v) is 5.17. The van der Waals surface area contributed by atoms with E-state index in [9.17, 15) is 24.6 Å². The van der Waals surface area contributed by atoms with Crippen LogP contribution in [0.2, 0.25) is 0 Å². The maximum atomic E-state index is 12.9. The van der Waals surface area contributed by atoms with E-state index < -0.39 is 35.5 Å². The van der Waals surface area contributed by atoms with E-state index in [1.165, 1.54) is 6.92 Å². The normalized spacial score (nSPS) is 25.6. The number of rotatable bonds is 12. The van der Waals surface area contributed by atoms with Gasteiger partial charge in [-0.1, -0.05) is 32.6 Å². The van der Waals surface area contributed by atoms with Crippen molar-refractivity contribution in [1.29, 1.82) is 0 Å². The van der Waals surface area contributed by atoms with E-state index >= 15 is 0 Å². The molecule has 0 aromatic heterocycles. The molecule has 0 aromatic rings. The molecule has 7 nitrogen and oxygen atoms in total. The predicted octanol–water partition coefficient (Wildman–Crippen LogP) is 1.75. The topological polar surface area (TPSA) is 113 Å². The summed E-state index contributed by atoms with van der Waals surface area (Å²) in [6, 6.07) is 0. The fraction of sp³-hybridized carbons (Fsp3) is 0.667. The van der Waals surface area contributed by atoms with Gasteiger partial charge in [0, 0.05) is 31.3 Å². The van der Waals surface area contributed by atoms with Crippen molar-refractivity contribution in [2.75, 3.05) is 6.61 Å². The number of ether oxygens (including phenoxy) is 2. The SMILES string of the molecule is C=C(C(=O)[C@H](COC(C)=O)[C@H](O)[C@@]1(C)O[C@@H]1[C@@H](C)/C=C\C)[C@H](O)CC(=O)CC. The van der Waals surface area contributed by atoms with E-state index in [0.29, 0.717) is 0 Å². The second kappa shape index (κ2) is 10.1. The van der Waals surface area contributed by atoms with Crippen LogP contribution >= 0.6 is 0 Å². The van der Waals surface area contributed by atoms with Gasteiger partial charge in [0.05, 0.1) is 24.2 Å². The Morgan fingerprint density at radius 1 is 1.32 bits per heavy atom. The molecule has 7 heteroatoms. The molecule has 0 unspecified atom stereocenters. The molecule has 1 aliphatic rings. The lowest BCUT2D eigenvalue weighted by Gasteiger charge is -2.27. The van der Waals surface area contributed by atoms with Crippen molar-refractivity contribution >= 4 is 17.5 Å². The lowest BCUT2D eigenvalue weighted by molar-refractivity contribution is -0.146. The van der Waals surface area contributed by atoms with Crippen LogP contribution in [-0.2, 0) is 23.9 Å². The Morgan fingerprint density at radius 3 is 2.43 bits per heavy atom. The van der Waals surface area contributed by atoms with Gasteiger partial charge in [-0.2, -0.15) is 0 Å². The Morgan fingerprint density at radius 2 is 1.93 bits per heavy atom. The van der Waals surface area contributed by atoms with Gasteiger partial charge in [0.25, 0.3) is 0 Å². The quantitative estimate of drug-likeness (QED) is 0.224. The molecule has 158 valence electrons. The average molecular weight is 396 g/mol. The molecule has 0 aliphatic carbocycles. The standard InChI is InChI=1S/C21H32O7/c1-7-9-12(3)20-21(6,28-20)19(26)16(11-27-14(5)22)18(25)13(4)17(24)10-15(23)8-2/h7,9,12,16-17,19-20,24,26H,4,8,10-11H2,1-3,5-6H3/b9-7-/t12-,16-,17+,19-,20+,21+/m0/s1. The van der Waals surface area contributed by atoms with Crippen molar-refractivity contribution in [2.24, 2.45) is 11.8 Å². The summed E-state index contributed by atoms with van der Waals surface area (Å²) in [5.41, 5.74) is -1.19. The number of epoxide rings is 1. The number of Topliss-reactive ketones (excluding diaryl/α,β-unsaturated/α-hetero) is 2. The van der Waals surface area contributed by atoms with Crippen LogP contribution in [0.3, 0.4) is 0 Å². The highest BCUT2D eigenvalue weighted by atomic mass is 16.6. The predicted molar refractivity (Wildman–Crippen MR) is 103 cm³/mol. The molecule has 1 fully saturated rings. The highest BCUT2D eigenvalue weighted by Crippen LogP contribution is 2.46. The fourth-order valence-corrected chi connectivity index (χ4v) is 3.31. The molecule has 0 aromatic carbocycles. The zero-order valence-corrected chi connectivity index (χ0v) is 17.3. The van der Waals surface area contributed by atoms with Crippen LogP contribution < -0.4 is 0 Å². The van der Waals surface area contributed by atoms with Crippen LogP contribution in [0.1, 0.15) is 47.5 Å². The molecule has 28 heavy (non-hydrogen) atoms. The first-order chi connectivity index (χ1) is 13.0. The van der Waals surface area contributed by atoms with Crippen molar-refractivity contribution in [3.63, 3.8) is 0 Å². The Balaban J connectivity index is 2.99. The minimum atomic E-state index is -1.35. The number of esters is 1. The number of aliphatic hydroxyl groups is 2. The highest BCUT2D eigenvalue weighted by molar-refractivity contribution is 5.99. The summed E-state index contributed by atoms with van der Waals surface area (Å²) >= 11 is 0.